The van der Waals surface area contributed by atoms with Crippen LogP contribution in [0.15, 0.2) is 66.7 Å². The molecule has 0 saturated heterocycles. The fourth-order valence-electron chi connectivity index (χ4n) is 2.57. The zero-order valence-electron chi connectivity index (χ0n) is 13.8. The zero-order chi connectivity index (χ0) is 17.6. The van der Waals surface area contributed by atoms with E-state index in [1.165, 1.54) is 12.1 Å². The summed E-state index contributed by atoms with van der Waals surface area (Å²) < 4.78 is 18.1. The Morgan fingerprint density at radius 2 is 1.60 bits per heavy atom. The number of hydrogen-bond acceptors (Lipinski definition) is 3. The minimum atomic E-state index is -0.235. The Hall–Kier alpha value is -3.32. The third kappa shape index (κ3) is 3.96. The molecule has 0 bridgehead atoms. The van der Waals surface area contributed by atoms with Gasteiger partial charge in [-0.1, -0.05) is 36.4 Å². The van der Waals surface area contributed by atoms with Crippen molar-refractivity contribution in [3.05, 3.63) is 83.7 Å². The van der Waals surface area contributed by atoms with Crippen molar-refractivity contribution >= 4 is 5.69 Å². The van der Waals surface area contributed by atoms with Crippen LogP contribution in [-0.4, -0.2) is 7.11 Å². The Labute approximate surface area is 146 Å². The number of nitrogens with one attached hydrogen (secondary N) is 1. The van der Waals surface area contributed by atoms with E-state index in [9.17, 15) is 4.39 Å². The van der Waals surface area contributed by atoms with Crippen LogP contribution in [0.3, 0.4) is 0 Å². The quantitative estimate of drug-likeness (QED) is 0.716. The molecule has 25 heavy (non-hydrogen) atoms. The minimum Gasteiger partial charge on any atom is -0.495 e. The third-order valence-electron chi connectivity index (χ3n) is 3.95. The topological polar surface area (TPSA) is 45.0 Å². The Morgan fingerprint density at radius 1 is 0.960 bits per heavy atom. The van der Waals surface area contributed by atoms with Crippen molar-refractivity contribution in [1.29, 1.82) is 5.26 Å². The molecule has 3 rings (SSSR count). The number of nitriles is 1. The maximum atomic E-state index is 13.0. The van der Waals surface area contributed by atoms with Gasteiger partial charge in [0, 0.05) is 12.2 Å². The summed E-state index contributed by atoms with van der Waals surface area (Å²) in [5.74, 6) is 0.331. The lowest BCUT2D eigenvalue weighted by atomic mass is 10.0. The molecule has 0 spiro atoms. The molecule has 0 saturated carbocycles. The van der Waals surface area contributed by atoms with Crippen LogP contribution < -0.4 is 10.1 Å². The lowest BCUT2D eigenvalue weighted by Gasteiger charge is -2.10. The van der Waals surface area contributed by atoms with Crippen LogP contribution in [0, 0.1) is 17.1 Å². The Bertz CT molecular complexity index is 897. The van der Waals surface area contributed by atoms with Gasteiger partial charge in [0.05, 0.1) is 12.7 Å². The molecule has 1 N–H and O–H groups in total. The molecule has 0 aliphatic heterocycles. The highest BCUT2D eigenvalue weighted by Gasteiger charge is 2.04. The van der Waals surface area contributed by atoms with Crippen LogP contribution in [0.1, 0.15) is 11.1 Å². The van der Waals surface area contributed by atoms with E-state index >= 15 is 0 Å². The van der Waals surface area contributed by atoms with Gasteiger partial charge in [0.15, 0.2) is 0 Å². The Balaban J connectivity index is 1.68. The number of hydrogen-bond donors (Lipinski definition) is 1. The van der Waals surface area contributed by atoms with Crippen LogP contribution in [0.25, 0.3) is 11.1 Å². The van der Waals surface area contributed by atoms with E-state index in [0.29, 0.717) is 17.9 Å². The summed E-state index contributed by atoms with van der Waals surface area (Å²) in [6.45, 7) is 0.640. The van der Waals surface area contributed by atoms with Gasteiger partial charge in [-0.25, -0.2) is 4.39 Å². The molecule has 0 aliphatic rings. The zero-order valence-corrected chi connectivity index (χ0v) is 13.8. The first-order chi connectivity index (χ1) is 12.2. The van der Waals surface area contributed by atoms with E-state index in [-0.39, 0.29) is 5.82 Å². The summed E-state index contributed by atoms with van der Waals surface area (Å²) in [6.07, 6.45) is 0. The van der Waals surface area contributed by atoms with Crippen LogP contribution >= 0.6 is 0 Å². The predicted molar refractivity (Wildman–Crippen MR) is 96.9 cm³/mol. The first kappa shape index (κ1) is 16.5. The molecule has 3 aromatic rings. The fraction of sp³-hybridized carbons (Fsp3) is 0.0952. The largest absolute Gasteiger partial charge is 0.495 e. The molecule has 3 aromatic carbocycles. The van der Waals surface area contributed by atoms with E-state index in [1.807, 2.05) is 30.3 Å². The summed E-state index contributed by atoms with van der Waals surface area (Å²) in [6, 6.07) is 22.1. The number of anilines is 1. The highest BCUT2D eigenvalue weighted by molar-refractivity contribution is 5.63. The van der Waals surface area contributed by atoms with Gasteiger partial charge >= 0.3 is 0 Å². The van der Waals surface area contributed by atoms with E-state index in [1.54, 1.807) is 31.4 Å². The van der Waals surface area contributed by atoms with Crippen molar-refractivity contribution in [3.63, 3.8) is 0 Å². The molecule has 0 amide bonds. The van der Waals surface area contributed by atoms with Crippen molar-refractivity contribution in [2.45, 2.75) is 6.54 Å². The number of rotatable bonds is 5. The van der Waals surface area contributed by atoms with Gasteiger partial charge in [-0.05, 0) is 47.0 Å². The molecule has 0 aromatic heterocycles. The number of halogens is 1. The van der Waals surface area contributed by atoms with E-state index in [4.69, 9.17) is 10.00 Å². The molecule has 0 fully saturated rings. The Morgan fingerprint density at radius 3 is 2.20 bits per heavy atom. The summed E-state index contributed by atoms with van der Waals surface area (Å²) in [5, 5.41) is 12.4. The number of methoxy groups -OCH3 is 1. The highest BCUT2D eigenvalue weighted by Crippen LogP contribution is 2.23. The van der Waals surface area contributed by atoms with Gasteiger partial charge < -0.3 is 10.1 Å². The van der Waals surface area contributed by atoms with Gasteiger partial charge in [0.25, 0.3) is 0 Å². The lowest BCUT2D eigenvalue weighted by molar-refractivity contribution is 0.413. The second kappa shape index (κ2) is 7.50. The van der Waals surface area contributed by atoms with Gasteiger partial charge in [0.1, 0.15) is 17.6 Å². The summed E-state index contributed by atoms with van der Waals surface area (Å²) >= 11 is 0. The summed E-state index contributed by atoms with van der Waals surface area (Å²) in [7, 11) is 1.55. The molecule has 124 valence electrons. The number of ether oxygens (including phenoxy) is 1. The first-order valence-electron chi connectivity index (χ1n) is 7.86. The van der Waals surface area contributed by atoms with Crippen LogP contribution in [0.5, 0.6) is 5.75 Å². The second-order valence-electron chi connectivity index (χ2n) is 5.58. The van der Waals surface area contributed by atoms with E-state index in [0.717, 1.165) is 22.4 Å². The number of nitrogens with zero attached hydrogens (tertiary/aromatic N) is 1. The molecule has 3 nitrogen and oxygen atoms in total. The van der Waals surface area contributed by atoms with Gasteiger partial charge in [-0.3, -0.25) is 0 Å². The minimum absolute atomic E-state index is 0.235. The van der Waals surface area contributed by atoms with Gasteiger partial charge in [-0.15, -0.1) is 0 Å². The van der Waals surface area contributed by atoms with Crippen molar-refractivity contribution in [2.75, 3.05) is 12.4 Å². The monoisotopic (exact) mass is 332 g/mol. The SMILES string of the molecule is COc1ccc(NCc2ccc(-c3ccc(F)cc3)cc2)cc1C#N. The van der Waals surface area contributed by atoms with Crippen molar-refractivity contribution in [1.82, 2.24) is 0 Å². The maximum Gasteiger partial charge on any atom is 0.136 e. The molecular weight excluding hydrogens is 315 g/mol. The number of benzene rings is 3. The molecule has 0 heterocycles. The molecule has 4 heteroatoms. The molecule has 0 radical (unpaired) electrons. The molecular formula is C21H17FN2O. The first-order valence-corrected chi connectivity index (χ1v) is 7.86. The van der Waals surface area contributed by atoms with Crippen molar-refractivity contribution < 1.29 is 9.13 Å². The smallest absolute Gasteiger partial charge is 0.136 e. The van der Waals surface area contributed by atoms with Crippen LogP contribution in [0.2, 0.25) is 0 Å². The van der Waals surface area contributed by atoms with E-state index in [2.05, 4.69) is 11.4 Å². The van der Waals surface area contributed by atoms with Gasteiger partial charge in [0.2, 0.25) is 0 Å². The average Bonchev–Trinajstić information content (AvgIpc) is 2.67. The van der Waals surface area contributed by atoms with Crippen LogP contribution in [-0.2, 0) is 6.54 Å². The molecule has 0 aliphatic carbocycles. The highest BCUT2D eigenvalue weighted by atomic mass is 19.1. The lowest BCUT2D eigenvalue weighted by Crippen LogP contribution is -2.00. The summed E-state index contributed by atoms with van der Waals surface area (Å²) in [5.41, 5.74) is 4.49. The van der Waals surface area contributed by atoms with Crippen molar-refractivity contribution in [3.8, 4) is 22.9 Å². The fourth-order valence-corrected chi connectivity index (χ4v) is 2.57. The second-order valence-corrected chi connectivity index (χ2v) is 5.58. The summed E-state index contributed by atoms with van der Waals surface area (Å²) in [4.78, 5) is 0. The standard InChI is InChI=1S/C21H17FN2O/c1-25-21-11-10-20(12-18(21)13-23)24-14-15-2-4-16(5-3-15)17-6-8-19(22)9-7-17/h2-12,24H,14H2,1H3. The van der Waals surface area contributed by atoms with Gasteiger partial charge in [-0.2, -0.15) is 5.26 Å². The normalized spacial score (nSPS) is 10.1. The Kier molecular flexibility index (Phi) is 4.96. The average molecular weight is 332 g/mol. The molecule has 0 atom stereocenters. The van der Waals surface area contributed by atoms with E-state index < -0.39 is 0 Å². The maximum absolute atomic E-state index is 13.0. The van der Waals surface area contributed by atoms with Crippen LogP contribution in [0.4, 0.5) is 10.1 Å². The van der Waals surface area contributed by atoms with Crippen molar-refractivity contribution in [2.24, 2.45) is 0 Å². The predicted octanol–water partition coefficient (Wildman–Crippen LogP) is 4.99. The third-order valence-corrected chi connectivity index (χ3v) is 3.95. The molecule has 0 unspecified atom stereocenters.